The first kappa shape index (κ1) is 21.0. The van der Waals surface area contributed by atoms with Gasteiger partial charge in [-0.15, -0.1) is 0 Å². The summed E-state index contributed by atoms with van der Waals surface area (Å²) in [6.07, 6.45) is 1.72. The van der Waals surface area contributed by atoms with Gasteiger partial charge in [0.2, 0.25) is 10.0 Å². The van der Waals surface area contributed by atoms with Gasteiger partial charge in [0, 0.05) is 28.8 Å². The Morgan fingerprint density at radius 3 is 2.39 bits per heavy atom. The molecule has 0 atom stereocenters. The first-order chi connectivity index (χ1) is 13.2. The molecule has 1 amide bonds. The predicted molar refractivity (Wildman–Crippen MR) is 115 cm³/mol. The molecule has 0 radical (unpaired) electrons. The van der Waals surface area contributed by atoms with Crippen molar-refractivity contribution < 1.29 is 13.2 Å². The fraction of sp³-hybridized carbons (Fsp3) is 0.381. The van der Waals surface area contributed by atoms with Crippen molar-refractivity contribution in [3.05, 3.63) is 57.6 Å². The average Bonchev–Trinajstić information content (AvgIpc) is 2.65. The fourth-order valence-electron chi connectivity index (χ4n) is 3.30. The summed E-state index contributed by atoms with van der Waals surface area (Å²) in [5.74, 6) is 0.226. The minimum absolute atomic E-state index is 0.171. The maximum Gasteiger partial charge on any atom is 0.255 e. The van der Waals surface area contributed by atoms with E-state index in [-0.39, 0.29) is 10.8 Å². The number of piperidine rings is 1. The monoisotopic (exact) mass is 464 g/mol. The Morgan fingerprint density at radius 1 is 1.07 bits per heavy atom. The van der Waals surface area contributed by atoms with Crippen molar-refractivity contribution in [2.24, 2.45) is 5.92 Å². The summed E-state index contributed by atoms with van der Waals surface area (Å²) in [5, 5.41) is 2.86. The second-order valence-electron chi connectivity index (χ2n) is 7.48. The molecular weight excluding hydrogens is 440 g/mol. The number of carbonyl (C=O) groups excluding carboxylic acids is 1. The van der Waals surface area contributed by atoms with Crippen LogP contribution in [0.15, 0.2) is 45.8 Å². The van der Waals surface area contributed by atoms with Gasteiger partial charge in [-0.25, -0.2) is 8.42 Å². The van der Waals surface area contributed by atoms with E-state index in [2.05, 4.69) is 28.2 Å². The Bertz CT molecular complexity index is 997. The summed E-state index contributed by atoms with van der Waals surface area (Å²) in [5.41, 5.74) is 2.78. The Hall–Kier alpha value is -1.70. The first-order valence-electron chi connectivity index (χ1n) is 9.37. The zero-order chi connectivity index (χ0) is 20.5. The molecular formula is C21H25BrN2O3S. The van der Waals surface area contributed by atoms with Crippen molar-refractivity contribution in [3.63, 3.8) is 0 Å². The van der Waals surface area contributed by atoms with E-state index in [0.717, 1.165) is 28.4 Å². The minimum Gasteiger partial charge on any atom is -0.322 e. The Morgan fingerprint density at radius 2 is 1.75 bits per heavy atom. The van der Waals surface area contributed by atoms with E-state index >= 15 is 0 Å². The highest BCUT2D eigenvalue weighted by Crippen LogP contribution is 2.26. The highest BCUT2D eigenvalue weighted by molar-refractivity contribution is 9.10. The highest BCUT2D eigenvalue weighted by atomic mass is 79.9. The van der Waals surface area contributed by atoms with Crippen LogP contribution in [-0.2, 0) is 10.0 Å². The van der Waals surface area contributed by atoms with Crippen molar-refractivity contribution in [2.45, 2.75) is 38.5 Å². The Balaban J connectivity index is 1.86. The molecule has 5 nitrogen and oxygen atoms in total. The molecule has 0 aromatic heterocycles. The molecule has 1 fully saturated rings. The van der Waals surface area contributed by atoms with Gasteiger partial charge >= 0.3 is 0 Å². The number of anilines is 1. The Kier molecular flexibility index (Phi) is 6.27. The van der Waals surface area contributed by atoms with Crippen molar-refractivity contribution in [1.29, 1.82) is 0 Å². The number of benzene rings is 2. The topological polar surface area (TPSA) is 66.5 Å². The quantitative estimate of drug-likeness (QED) is 0.710. The number of nitrogens with one attached hydrogen (secondary N) is 1. The van der Waals surface area contributed by atoms with Crippen LogP contribution < -0.4 is 5.32 Å². The predicted octanol–water partition coefficient (Wildman–Crippen LogP) is 4.74. The van der Waals surface area contributed by atoms with Crippen LogP contribution in [0.4, 0.5) is 5.69 Å². The van der Waals surface area contributed by atoms with E-state index in [4.69, 9.17) is 0 Å². The third kappa shape index (κ3) is 4.47. The van der Waals surface area contributed by atoms with Crippen LogP contribution in [0.5, 0.6) is 0 Å². The maximum atomic E-state index is 13.0. The zero-order valence-corrected chi connectivity index (χ0v) is 18.7. The summed E-state index contributed by atoms with van der Waals surface area (Å²) in [4.78, 5) is 13.0. The van der Waals surface area contributed by atoms with E-state index in [1.807, 2.05) is 19.1 Å². The number of amides is 1. The maximum absolute atomic E-state index is 13.0. The van der Waals surface area contributed by atoms with E-state index in [9.17, 15) is 13.2 Å². The number of carbonyl (C=O) groups is 1. The number of aryl methyl sites for hydroxylation is 2. The second kappa shape index (κ2) is 8.35. The smallest absolute Gasteiger partial charge is 0.255 e. The summed E-state index contributed by atoms with van der Waals surface area (Å²) in [7, 11) is -3.60. The molecule has 28 heavy (non-hydrogen) atoms. The minimum atomic E-state index is -3.60. The summed E-state index contributed by atoms with van der Waals surface area (Å²) in [6, 6.07) is 10.3. The van der Waals surface area contributed by atoms with E-state index < -0.39 is 10.0 Å². The summed E-state index contributed by atoms with van der Waals surface area (Å²) >= 11 is 3.44. The van der Waals surface area contributed by atoms with Crippen molar-refractivity contribution >= 4 is 37.5 Å². The largest absolute Gasteiger partial charge is 0.322 e. The molecule has 7 heteroatoms. The van der Waals surface area contributed by atoms with Gasteiger partial charge in [0.25, 0.3) is 5.91 Å². The third-order valence-electron chi connectivity index (χ3n) is 5.25. The molecule has 3 rings (SSSR count). The first-order valence-corrected chi connectivity index (χ1v) is 11.6. The zero-order valence-electron chi connectivity index (χ0n) is 16.3. The highest BCUT2D eigenvalue weighted by Gasteiger charge is 2.29. The van der Waals surface area contributed by atoms with Gasteiger partial charge in [0.15, 0.2) is 0 Å². The van der Waals surface area contributed by atoms with Crippen molar-refractivity contribution in [1.82, 2.24) is 4.31 Å². The molecule has 1 N–H and O–H groups in total. The van der Waals surface area contributed by atoms with Crippen molar-refractivity contribution in [2.75, 3.05) is 18.4 Å². The molecule has 2 aromatic rings. The second-order valence-corrected chi connectivity index (χ2v) is 10.3. The lowest BCUT2D eigenvalue weighted by Crippen LogP contribution is -2.38. The number of nitrogens with zero attached hydrogens (tertiary/aromatic N) is 1. The fourth-order valence-corrected chi connectivity index (χ4v) is 5.04. The van der Waals surface area contributed by atoms with Gasteiger partial charge in [0.1, 0.15) is 0 Å². The molecule has 1 heterocycles. The molecule has 1 aliphatic heterocycles. The van der Waals surface area contributed by atoms with E-state index in [1.54, 1.807) is 25.1 Å². The molecule has 1 aliphatic rings. The van der Waals surface area contributed by atoms with Crippen LogP contribution in [0, 0.1) is 19.8 Å². The lowest BCUT2D eigenvalue weighted by molar-refractivity contribution is 0.102. The molecule has 0 spiro atoms. The molecule has 0 saturated carbocycles. The molecule has 150 valence electrons. The molecule has 0 bridgehead atoms. The summed E-state index contributed by atoms with van der Waals surface area (Å²) in [6.45, 7) is 6.94. The SMILES string of the molecule is Cc1cc(NC(=O)c2cc(S(=O)(=O)N3CCC(C)CC3)ccc2C)ccc1Br. The number of hydrogen-bond donors (Lipinski definition) is 1. The van der Waals surface area contributed by atoms with Crippen LogP contribution in [0.1, 0.15) is 41.3 Å². The van der Waals surface area contributed by atoms with Gasteiger partial charge < -0.3 is 5.32 Å². The average molecular weight is 465 g/mol. The molecule has 0 unspecified atom stereocenters. The van der Waals surface area contributed by atoms with Crippen LogP contribution in [0.3, 0.4) is 0 Å². The number of sulfonamides is 1. The normalized spacial score (nSPS) is 16.1. The van der Waals surface area contributed by atoms with Gasteiger partial charge in [-0.1, -0.05) is 28.9 Å². The van der Waals surface area contributed by atoms with Gasteiger partial charge in [-0.2, -0.15) is 4.31 Å². The van der Waals surface area contributed by atoms with Gasteiger partial charge in [-0.05, 0) is 74.1 Å². The van der Waals surface area contributed by atoms with E-state index in [0.29, 0.717) is 30.3 Å². The lowest BCUT2D eigenvalue weighted by atomic mass is 10.0. The Labute approximate surface area is 175 Å². The van der Waals surface area contributed by atoms with Crippen LogP contribution >= 0.6 is 15.9 Å². The molecule has 0 aliphatic carbocycles. The van der Waals surface area contributed by atoms with Gasteiger partial charge in [0.05, 0.1) is 4.90 Å². The lowest BCUT2D eigenvalue weighted by Gasteiger charge is -2.29. The third-order valence-corrected chi connectivity index (χ3v) is 8.03. The van der Waals surface area contributed by atoms with Crippen LogP contribution in [0.25, 0.3) is 0 Å². The standard InChI is InChI=1S/C21H25BrN2O3S/c1-14-8-10-24(11-9-14)28(26,27)18-6-4-15(2)19(13-18)21(25)23-17-5-7-20(22)16(3)12-17/h4-7,12-14H,8-11H2,1-3H3,(H,23,25). The number of rotatable bonds is 4. The van der Waals surface area contributed by atoms with Crippen LogP contribution in [-0.4, -0.2) is 31.7 Å². The molecule has 2 aromatic carbocycles. The van der Waals surface area contributed by atoms with Gasteiger partial charge in [-0.3, -0.25) is 4.79 Å². The van der Waals surface area contributed by atoms with E-state index in [1.165, 1.54) is 10.4 Å². The van der Waals surface area contributed by atoms with Crippen molar-refractivity contribution in [3.8, 4) is 0 Å². The summed E-state index contributed by atoms with van der Waals surface area (Å²) < 4.78 is 28.5. The number of hydrogen-bond acceptors (Lipinski definition) is 3. The van der Waals surface area contributed by atoms with Crippen LogP contribution in [0.2, 0.25) is 0 Å². The number of halogens is 1. The molecule has 1 saturated heterocycles.